The molecule has 0 saturated heterocycles. The van der Waals surface area contributed by atoms with E-state index in [1.165, 1.54) is 12.1 Å². The maximum atomic E-state index is 10.6. The van der Waals surface area contributed by atoms with Crippen LogP contribution in [0.3, 0.4) is 0 Å². The first-order valence-electron chi connectivity index (χ1n) is 3.98. The number of benzene rings is 1. The second-order valence-corrected chi connectivity index (χ2v) is 4.32. The Morgan fingerprint density at radius 2 is 1.43 bits per heavy atom. The smallest absolute Gasteiger partial charge is 0.207 e. The molecule has 0 aromatic heterocycles. The largest absolute Gasteiger partial charge is 0.261 e. The van der Waals surface area contributed by atoms with E-state index in [-0.39, 0.29) is 4.90 Å². The molecule has 5 heteroatoms. The fourth-order valence-corrected chi connectivity index (χ4v) is 1.37. The fraction of sp³-hybridized carbons (Fsp3) is 0.333. The summed E-state index contributed by atoms with van der Waals surface area (Å²) in [7, 11) is 1.50. The third-order valence-electron chi connectivity index (χ3n) is 1.02. The Labute approximate surface area is 104 Å². The first kappa shape index (κ1) is 16.6. The van der Waals surface area contributed by atoms with Crippen molar-refractivity contribution in [3.8, 4) is 0 Å². The second-order valence-electron chi connectivity index (χ2n) is 1.75. The monoisotopic (exact) mass is 348 g/mol. The van der Waals surface area contributed by atoms with Crippen molar-refractivity contribution in [1.29, 1.82) is 0 Å². The molecule has 0 heterocycles. The van der Waals surface area contributed by atoms with Gasteiger partial charge < -0.3 is 0 Å². The molecule has 0 atom stereocenters. The maximum Gasteiger partial charge on any atom is 0.261 e. The normalized spacial score (nSPS) is 8.93. The van der Waals surface area contributed by atoms with Crippen LogP contribution < -0.4 is 0 Å². The van der Waals surface area contributed by atoms with Gasteiger partial charge in [-0.05, 0) is 17.1 Å². The van der Waals surface area contributed by atoms with E-state index < -0.39 is 9.05 Å². The lowest BCUT2D eigenvalue weighted by molar-refractivity contribution is 0.609. The number of halogens is 2. The zero-order valence-electron chi connectivity index (χ0n) is 8.37. The van der Waals surface area contributed by atoms with Crippen LogP contribution in [0.25, 0.3) is 0 Å². The summed E-state index contributed by atoms with van der Waals surface area (Å²) >= 11 is 2.15. The van der Waals surface area contributed by atoms with E-state index in [1.807, 2.05) is 18.8 Å². The van der Waals surface area contributed by atoms with E-state index >= 15 is 0 Å². The SMILES string of the molecule is CC.CI.O=S(=O)(Cl)c1ccccc1. The molecular formula is C9H14ClIO2S. The first-order valence-corrected chi connectivity index (χ1v) is 8.45. The lowest BCUT2D eigenvalue weighted by atomic mass is 10.4. The molecule has 14 heavy (non-hydrogen) atoms. The van der Waals surface area contributed by atoms with Gasteiger partial charge in [-0.15, -0.1) is 0 Å². The molecule has 0 N–H and O–H groups in total. The Hall–Kier alpha value is 0.190. The van der Waals surface area contributed by atoms with Gasteiger partial charge in [0.15, 0.2) is 0 Å². The predicted octanol–water partition coefficient (Wildman–Crippen LogP) is 3.69. The standard InChI is InChI=1S/C6H5ClO2S.C2H6.CH3I/c7-10(8,9)6-4-2-1-3-5-6;2*1-2/h1-5H;1-2H3;1H3. The minimum absolute atomic E-state index is 0.136. The van der Waals surface area contributed by atoms with E-state index in [1.54, 1.807) is 18.2 Å². The van der Waals surface area contributed by atoms with Crippen LogP contribution in [-0.2, 0) is 9.05 Å². The van der Waals surface area contributed by atoms with Crippen molar-refractivity contribution in [1.82, 2.24) is 0 Å². The Morgan fingerprint density at radius 3 is 1.64 bits per heavy atom. The molecule has 1 rings (SSSR count). The van der Waals surface area contributed by atoms with E-state index in [0.717, 1.165) is 0 Å². The van der Waals surface area contributed by atoms with Gasteiger partial charge in [-0.1, -0.05) is 54.6 Å². The maximum absolute atomic E-state index is 10.6. The molecule has 0 bridgehead atoms. The molecule has 0 aliphatic heterocycles. The van der Waals surface area contributed by atoms with Gasteiger partial charge in [0.25, 0.3) is 9.05 Å². The topological polar surface area (TPSA) is 34.1 Å². The lowest BCUT2D eigenvalue weighted by Gasteiger charge is -1.91. The zero-order valence-corrected chi connectivity index (χ0v) is 12.1. The number of rotatable bonds is 1. The van der Waals surface area contributed by atoms with Gasteiger partial charge in [0.2, 0.25) is 0 Å². The summed E-state index contributed by atoms with van der Waals surface area (Å²) in [5.41, 5.74) is 0. The second kappa shape index (κ2) is 9.73. The molecule has 0 fully saturated rings. The molecule has 1 aromatic carbocycles. The Kier molecular flexibility index (Phi) is 11.6. The summed E-state index contributed by atoms with van der Waals surface area (Å²) in [5.74, 6) is 0. The summed E-state index contributed by atoms with van der Waals surface area (Å²) in [6, 6.07) is 7.86. The van der Waals surface area contributed by atoms with Crippen LogP contribution in [0.4, 0.5) is 0 Å². The van der Waals surface area contributed by atoms with E-state index in [4.69, 9.17) is 10.7 Å². The number of alkyl halides is 1. The fourth-order valence-electron chi connectivity index (χ4n) is 0.583. The van der Waals surface area contributed by atoms with Crippen molar-refractivity contribution >= 4 is 42.3 Å². The van der Waals surface area contributed by atoms with Gasteiger partial charge in [-0.3, -0.25) is 0 Å². The van der Waals surface area contributed by atoms with Gasteiger partial charge in [-0.2, -0.15) is 0 Å². The molecule has 0 radical (unpaired) electrons. The molecule has 0 aliphatic rings. The van der Waals surface area contributed by atoms with Gasteiger partial charge in [0, 0.05) is 10.7 Å². The molecule has 0 spiro atoms. The molecule has 0 unspecified atom stereocenters. The van der Waals surface area contributed by atoms with Crippen molar-refractivity contribution < 1.29 is 8.42 Å². The van der Waals surface area contributed by atoms with Crippen molar-refractivity contribution in [3.63, 3.8) is 0 Å². The molecule has 2 nitrogen and oxygen atoms in total. The average Bonchev–Trinajstić information content (AvgIpc) is 2.24. The van der Waals surface area contributed by atoms with E-state index in [9.17, 15) is 8.42 Å². The zero-order chi connectivity index (χ0) is 11.6. The molecule has 1 aromatic rings. The molecule has 0 amide bonds. The van der Waals surface area contributed by atoms with Crippen LogP contribution in [0, 0.1) is 0 Å². The summed E-state index contributed by atoms with van der Waals surface area (Å²) in [6.07, 6.45) is 0. The highest BCUT2D eigenvalue weighted by molar-refractivity contribution is 14.1. The molecule has 0 saturated carbocycles. The van der Waals surface area contributed by atoms with Gasteiger partial charge in [0.05, 0.1) is 4.90 Å². The molecule has 82 valence electrons. The van der Waals surface area contributed by atoms with Crippen LogP contribution in [-0.4, -0.2) is 13.3 Å². The Balaban J connectivity index is 0. The van der Waals surface area contributed by atoms with E-state index in [0.29, 0.717) is 0 Å². The Morgan fingerprint density at radius 1 is 1.07 bits per heavy atom. The highest BCUT2D eigenvalue weighted by Crippen LogP contribution is 2.12. The number of hydrogen-bond acceptors (Lipinski definition) is 2. The average molecular weight is 349 g/mol. The minimum Gasteiger partial charge on any atom is -0.207 e. The summed E-state index contributed by atoms with van der Waals surface area (Å²) in [6.45, 7) is 4.00. The van der Waals surface area contributed by atoms with Crippen molar-refractivity contribution in [2.45, 2.75) is 18.7 Å². The summed E-state index contributed by atoms with van der Waals surface area (Å²) in [5, 5.41) is 0. The van der Waals surface area contributed by atoms with E-state index in [2.05, 4.69) is 22.6 Å². The summed E-state index contributed by atoms with van der Waals surface area (Å²) in [4.78, 5) is 2.11. The first-order chi connectivity index (χ1) is 6.61. The molecular weight excluding hydrogens is 335 g/mol. The Bertz CT molecular complexity index is 311. The highest BCUT2D eigenvalue weighted by atomic mass is 127. The lowest BCUT2D eigenvalue weighted by Crippen LogP contribution is -1.87. The summed E-state index contributed by atoms with van der Waals surface area (Å²) < 4.78 is 21.2. The van der Waals surface area contributed by atoms with Gasteiger partial charge >= 0.3 is 0 Å². The van der Waals surface area contributed by atoms with Crippen LogP contribution >= 0.6 is 33.3 Å². The van der Waals surface area contributed by atoms with Gasteiger partial charge in [0.1, 0.15) is 0 Å². The minimum atomic E-state index is -3.53. The van der Waals surface area contributed by atoms with Crippen LogP contribution in [0.5, 0.6) is 0 Å². The van der Waals surface area contributed by atoms with Crippen LogP contribution in [0.2, 0.25) is 0 Å². The third-order valence-corrected chi connectivity index (χ3v) is 2.39. The quantitative estimate of drug-likeness (QED) is 0.441. The van der Waals surface area contributed by atoms with Gasteiger partial charge in [-0.25, -0.2) is 8.42 Å². The third kappa shape index (κ3) is 7.58. The van der Waals surface area contributed by atoms with Crippen molar-refractivity contribution in [2.24, 2.45) is 0 Å². The number of hydrogen-bond donors (Lipinski definition) is 0. The predicted molar refractivity (Wildman–Crippen MR) is 70.8 cm³/mol. The van der Waals surface area contributed by atoms with Crippen LogP contribution in [0.1, 0.15) is 13.8 Å². The van der Waals surface area contributed by atoms with Crippen LogP contribution in [0.15, 0.2) is 35.2 Å². The highest BCUT2D eigenvalue weighted by Gasteiger charge is 2.06. The van der Waals surface area contributed by atoms with Crippen molar-refractivity contribution in [3.05, 3.63) is 30.3 Å². The van der Waals surface area contributed by atoms with Crippen molar-refractivity contribution in [2.75, 3.05) is 4.93 Å². The molecule has 0 aliphatic carbocycles.